The Labute approximate surface area is 79.3 Å². The highest BCUT2D eigenvalue weighted by molar-refractivity contribution is 4.81. The van der Waals surface area contributed by atoms with E-state index in [4.69, 9.17) is 0 Å². The van der Waals surface area contributed by atoms with Crippen LogP contribution >= 0.6 is 0 Å². The van der Waals surface area contributed by atoms with Crippen LogP contribution in [0.1, 0.15) is 48.5 Å². The van der Waals surface area contributed by atoms with E-state index < -0.39 is 0 Å². The first-order valence-electron chi connectivity index (χ1n) is 5.17. The summed E-state index contributed by atoms with van der Waals surface area (Å²) in [6, 6.07) is 0. The smallest absolute Gasteiger partial charge is 0.0112 e. The lowest BCUT2D eigenvalue weighted by molar-refractivity contribution is 0.810. The number of rotatable bonds is 3. The predicted octanol–water partition coefficient (Wildman–Crippen LogP) is 3.82. The molecule has 0 spiro atoms. The van der Waals surface area contributed by atoms with Crippen molar-refractivity contribution >= 4 is 0 Å². The van der Waals surface area contributed by atoms with Crippen LogP contribution in [0.5, 0.6) is 0 Å². The number of hydrogen-bond acceptors (Lipinski definition) is 1. The minimum Gasteiger partial charge on any atom is -0.391 e. The Morgan fingerprint density at radius 2 is 1.50 bits per heavy atom. The van der Waals surface area contributed by atoms with Gasteiger partial charge in [-0.1, -0.05) is 47.6 Å². The highest BCUT2D eigenvalue weighted by Crippen LogP contribution is 1.90. The van der Waals surface area contributed by atoms with Crippen molar-refractivity contribution in [1.82, 2.24) is 5.32 Å². The molecule has 0 aliphatic rings. The Morgan fingerprint density at radius 3 is 1.75 bits per heavy atom. The van der Waals surface area contributed by atoms with Crippen molar-refractivity contribution in [2.24, 2.45) is 5.92 Å². The molecule has 0 atom stereocenters. The Bertz CT molecular complexity index is 65.4. The molecule has 0 aromatic heterocycles. The second kappa shape index (κ2) is 22.4. The quantitative estimate of drug-likeness (QED) is 0.684. The van der Waals surface area contributed by atoms with Gasteiger partial charge in [-0.15, -0.1) is 0 Å². The van der Waals surface area contributed by atoms with E-state index in [9.17, 15) is 0 Å². The third-order valence-electron chi connectivity index (χ3n) is 0.803. The highest BCUT2D eigenvalue weighted by atomic mass is 14.8. The van der Waals surface area contributed by atoms with E-state index in [0.717, 1.165) is 6.54 Å². The van der Waals surface area contributed by atoms with Gasteiger partial charge in [0.25, 0.3) is 0 Å². The third kappa shape index (κ3) is 33.8. The van der Waals surface area contributed by atoms with Crippen molar-refractivity contribution in [1.29, 1.82) is 0 Å². The molecule has 0 aliphatic carbocycles. The second-order valence-corrected chi connectivity index (χ2v) is 2.16. The van der Waals surface area contributed by atoms with Crippen molar-refractivity contribution in [3.63, 3.8) is 0 Å². The summed E-state index contributed by atoms with van der Waals surface area (Å²) in [7, 11) is 0. The lowest BCUT2D eigenvalue weighted by Crippen LogP contribution is -2.01. The maximum atomic E-state index is 3.10. The van der Waals surface area contributed by atoms with Crippen molar-refractivity contribution in [3.05, 3.63) is 12.3 Å². The second-order valence-electron chi connectivity index (χ2n) is 2.16. The maximum absolute atomic E-state index is 3.10. The van der Waals surface area contributed by atoms with Gasteiger partial charge in [0.1, 0.15) is 0 Å². The van der Waals surface area contributed by atoms with E-state index in [0.29, 0.717) is 5.92 Å². The predicted molar refractivity (Wildman–Crippen MR) is 60.4 cm³/mol. The fourth-order valence-electron chi connectivity index (χ4n) is 0.378. The normalized spacial score (nSPS) is 8.33. The zero-order valence-corrected chi connectivity index (χ0v) is 9.94. The minimum atomic E-state index is 0.661. The lowest BCUT2D eigenvalue weighted by atomic mass is 10.2. The van der Waals surface area contributed by atoms with Crippen LogP contribution in [0.15, 0.2) is 12.3 Å². The Kier molecular flexibility index (Phi) is 32.9. The van der Waals surface area contributed by atoms with E-state index in [2.05, 4.69) is 32.2 Å². The van der Waals surface area contributed by atoms with Gasteiger partial charge in [-0.3, -0.25) is 0 Å². The first kappa shape index (κ1) is 17.6. The number of allylic oxidation sites excluding steroid dienone is 1. The highest BCUT2D eigenvalue weighted by Gasteiger charge is 1.79. The van der Waals surface area contributed by atoms with Crippen molar-refractivity contribution in [2.75, 3.05) is 6.54 Å². The molecule has 0 aromatic rings. The van der Waals surface area contributed by atoms with Gasteiger partial charge < -0.3 is 5.32 Å². The average Bonchev–Trinajstić information content (AvgIpc) is 2.12. The molecular formula is C11H27N. The Balaban J connectivity index is -0.000000175. The van der Waals surface area contributed by atoms with E-state index in [1.165, 1.54) is 0 Å². The van der Waals surface area contributed by atoms with Crippen molar-refractivity contribution < 1.29 is 0 Å². The third-order valence-corrected chi connectivity index (χ3v) is 0.803. The van der Waals surface area contributed by atoms with Gasteiger partial charge in [-0.25, -0.2) is 0 Å². The molecule has 1 heteroatoms. The fraction of sp³-hybridized carbons (Fsp3) is 0.818. The molecule has 1 N–H and O–H groups in total. The van der Waals surface area contributed by atoms with Crippen LogP contribution in [0.3, 0.4) is 0 Å². The molecule has 12 heavy (non-hydrogen) atoms. The summed E-state index contributed by atoms with van der Waals surface area (Å²) < 4.78 is 0. The van der Waals surface area contributed by atoms with Crippen LogP contribution in [0.4, 0.5) is 0 Å². The molecule has 0 rings (SSSR count). The summed E-state index contributed by atoms with van der Waals surface area (Å²) in [6.07, 6.45) is 4.15. The standard InChI is InChI=1S/C7H15N.2C2H6/c1-4-8-6-5-7(2)3;2*1-2/h5-8H,4H2,1-3H3;2*1-2H3/b6-5-;;. The molecule has 0 saturated heterocycles. The van der Waals surface area contributed by atoms with Gasteiger partial charge in [0.15, 0.2) is 0 Å². The minimum absolute atomic E-state index is 0.661. The molecule has 76 valence electrons. The van der Waals surface area contributed by atoms with Gasteiger partial charge in [0.05, 0.1) is 0 Å². The van der Waals surface area contributed by atoms with E-state index >= 15 is 0 Å². The monoisotopic (exact) mass is 173 g/mol. The molecule has 0 aliphatic heterocycles. The van der Waals surface area contributed by atoms with Crippen LogP contribution in [0.2, 0.25) is 0 Å². The molecular weight excluding hydrogens is 146 g/mol. The molecule has 0 amide bonds. The Morgan fingerprint density at radius 1 is 1.08 bits per heavy atom. The fourth-order valence-corrected chi connectivity index (χ4v) is 0.378. The molecule has 0 fully saturated rings. The van der Waals surface area contributed by atoms with E-state index in [1.54, 1.807) is 0 Å². The number of hydrogen-bond donors (Lipinski definition) is 1. The van der Waals surface area contributed by atoms with E-state index in [-0.39, 0.29) is 0 Å². The first-order valence-corrected chi connectivity index (χ1v) is 5.17. The topological polar surface area (TPSA) is 12.0 Å². The van der Waals surface area contributed by atoms with Gasteiger partial charge in [0, 0.05) is 6.54 Å². The van der Waals surface area contributed by atoms with Crippen LogP contribution in [-0.2, 0) is 0 Å². The van der Waals surface area contributed by atoms with Crippen LogP contribution in [0.25, 0.3) is 0 Å². The molecule has 0 saturated carbocycles. The zero-order valence-electron chi connectivity index (χ0n) is 9.94. The zero-order chi connectivity index (χ0) is 10.4. The maximum Gasteiger partial charge on any atom is 0.0112 e. The first-order chi connectivity index (χ1) is 5.77. The molecule has 0 bridgehead atoms. The Hall–Kier alpha value is -0.460. The summed E-state index contributed by atoms with van der Waals surface area (Å²) in [5.74, 6) is 0.661. The van der Waals surface area contributed by atoms with Gasteiger partial charge >= 0.3 is 0 Å². The molecule has 0 aromatic carbocycles. The summed E-state index contributed by atoms with van der Waals surface area (Å²) in [5.41, 5.74) is 0. The summed E-state index contributed by atoms with van der Waals surface area (Å²) in [5, 5.41) is 3.10. The summed E-state index contributed by atoms with van der Waals surface area (Å²) >= 11 is 0. The van der Waals surface area contributed by atoms with Gasteiger partial charge in [-0.05, 0) is 19.0 Å². The molecule has 0 unspecified atom stereocenters. The molecule has 0 radical (unpaired) electrons. The largest absolute Gasteiger partial charge is 0.391 e. The van der Waals surface area contributed by atoms with E-state index in [1.807, 2.05) is 33.9 Å². The average molecular weight is 173 g/mol. The molecule has 0 heterocycles. The SMILES string of the molecule is CC.CC.CCN/C=C\C(C)C. The van der Waals surface area contributed by atoms with Gasteiger partial charge in [-0.2, -0.15) is 0 Å². The lowest BCUT2D eigenvalue weighted by Gasteiger charge is -1.93. The summed E-state index contributed by atoms with van der Waals surface area (Å²) in [4.78, 5) is 0. The number of nitrogens with one attached hydrogen (secondary N) is 1. The van der Waals surface area contributed by atoms with Gasteiger partial charge in [0.2, 0.25) is 0 Å². The summed E-state index contributed by atoms with van der Waals surface area (Å²) in [6.45, 7) is 15.4. The van der Waals surface area contributed by atoms with Crippen molar-refractivity contribution in [3.8, 4) is 0 Å². The van der Waals surface area contributed by atoms with Crippen molar-refractivity contribution in [2.45, 2.75) is 48.5 Å². The molecule has 1 nitrogen and oxygen atoms in total. The van der Waals surface area contributed by atoms with Crippen LogP contribution in [-0.4, -0.2) is 6.54 Å². The van der Waals surface area contributed by atoms with Crippen LogP contribution < -0.4 is 5.32 Å². The van der Waals surface area contributed by atoms with Crippen LogP contribution in [0, 0.1) is 5.92 Å².